The SMILES string of the molecule is Cc1ccc(F)cc1NS(=O)(=O)c1cccc(O)c1. The summed E-state index contributed by atoms with van der Waals surface area (Å²) in [7, 11) is -3.85. The Balaban J connectivity index is 2.39. The maximum absolute atomic E-state index is 13.1. The van der Waals surface area contributed by atoms with Gasteiger partial charge in [-0.3, -0.25) is 4.72 Å². The number of hydrogen-bond acceptors (Lipinski definition) is 3. The molecule has 0 amide bonds. The molecular weight excluding hydrogens is 269 g/mol. The number of nitrogens with one attached hydrogen (secondary N) is 1. The Labute approximate surface area is 110 Å². The standard InChI is InChI=1S/C13H12FNO3S/c1-9-5-6-10(14)7-13(9)15-19(17,18)12-4-2-3-11(16)8-12/h2-8,15-16H,1H3. The van der Waals surface area contributed by atoms with Gasteiger partial charge in [0.1, 0.15) is 11.6 Å². The molecule has 0 unspecified atom stereocenters. The van der Waals surface area contributed by atoms with Gasteiger partial charge in [0.2, 0.25) is 0 Å². The number of benzene rings is 2. The minimum atomic E-state index is -3.85. The highest BCUT2D eigenvalue weighted by molar-refractivity contribution is 7.92. The highest BCUT2D eigenvalue weighted by Gasteiger charge is 2.16. The zero-order valence-corrected chi connectivity index (χ0v) is 10.9. The quantitative estimate of drug-likeness (QED) is 0.909. The lowest BCUT2D eigenvalue weighted by molar-refractivity contribution is 0.473. The van der Waals surface area contributed by atoms with Gasteiger partial charge in [-0.15, -0.1) is 0 Å². The van der Waals surface area contributed by atoms with Crippen LogP contribution in [0.2, 0.25) is 0 Å². The molecular formula is C13H12FNO3S. The third-order valence-corrected chi connectivity index (χ3v) is 3.94. The van der Waals surface area contributed by atoms with Crippen LogP contribution in [0.4, 0.5) is 10.1 Å². The van der Waals surface area contributed by atoms with Gasteiger partial charge in [0.25, 0.3) is 10.0 Å². The van der Waals surface area contributed by atoms with Crippen molar-refractivity contribution in [3.05, 3.63) is 53.8 Å². The van der Waals surface area contributed by atoms with Gasteiger partial charge in [-0.1, -0.05) is 12.1 Å². The van der Waals surface area contributed by atoms with E-state index in [1.54, 1.807) is 6.92 Å². The number of anilines is 1. The first-order valence-corrected chi connectivity index (χ1v) is 6.95. The lowest BCUT2D eigenvalue weighted by Gasteiger charge is -2.10. The summed E-state index contributed by atoms with van der Waals surface area (Å²) in [5, 5.41) is 9.29. The van der Waals surface area contributed by atoms with Crippen molar-refractivity contribution in [2.75, 3.05) is 4.72 Å². The average Bonchev–Trinajstić information content (AvgIpc) is 2.33. The van der Waals surface area contributed by atoms with Gasteiger partial charge in [0, 0.05) is 6.07 Å². The van der Waals surface area contributed by atoms with Crippen molar-refractivity contribution in [3.63, 3.8) is 0 Å². The van der Waals surface area contributed by atoms with Crippen LogP contribution in [0, 0.1) is 12.7 Å². The second-order valence-corrected chi connectivity index (χ2v) is 5.74. The Morgan fingerprint density at radius 1 is 1.16 bits per heavy atom. The molecule has 0 aliphatic rings. The summed E-state index contributed by atoms with van der Waals surface area (Å²) >= 11 is 0. The summed E-state index contributed by atoms with van der Waals surface area (Å²) in [5.41, 5.74) is 0.772. The molecule has 4 nitrogen and oxygen atoms in total. The first-order valence-electron chi connectivity index (χ1n) is 5.46. The molecule has 0 aliphatic heterocycles. The molecule has 6 heteroatoms. The zero-order valence-electron chi connectivity index (χ0n) is 10.1. The predicted octanol–water partition coefficient (Wildman–Crippen LogP) is 2.64. The lowest BCUT2D eigenvalue weighted by Crippen LogP contribution is -2.13. The fourth-order valence-corrected chi connectivity index (χ4v) is 2.72. The monoisotopic (exact) mass is 281 g/mol. The maximum Gasteiger partial charge on any atom is 0.262 e. The Morgan fingerprint density at radius 3 is 2.58 bits per heavy atom. The van der Waals surface area contributed by atoms with Crippen LogP contribution < -0.4 is 4.72 Å². The molecule has 0 radical (unpaired) electrons. The third kappa shape index (κ3) is 3.03. The number of halogens is 1. The van der Waals surface area contributed by atoms with Gasteiger partial charge in [0.05, 0.1) is 10.6 Å². The van der Waals surface area contributed by atoms with Gasteiger partial charge in [-0.25, -0.2) is 12.8 Å². The van der Waals surface area contributed by atoms with Crippen molar-refractivity contribution >= 4 is 15.7 Å². The van der Waals surface area contributed by atoms with Crippen LogP contribution in [0.5, 0.6) is 5.75 Å². The highest BCUT2D eigenvalue weighted by atomic mass is 32.2. The van der Waals surface area contributed by atoms with Crippen molar-refractivity contribution in [2.45, 2.75) is 11.8 Å². The van der Waals surface area contributed by atoms with Crippen LogP contribution in [0.3, 0.4) is 0 Å². The smallest absolute Gasteiger partial charge is 0.262 e. The number of phenolic OH excluding ortho intramolecular Hbond substituents is 1. The molecule has 0 atom stereocenters. The Hall–Kier alpha value is -2.08. The van der Waals surface area contributed by atoms with Crippen LogP contribution in [-0.4, -0.2) is 13.5 Å². The van der Waals surface area contributed by atoms with E-state index in [0.717, 1.165) is 12.1 Å². The first kappa shape index (κ1) is 13.4. The maximum atomic E-state index is 13.1. The number of rotatable bonds is 3. The van der Waals surface area contributed by atoms with Crippen molar-refractivity contribution < 1.29 is 17.9 Å². The van der Waals surface area contributed by atoms with Gasteiger partial charge >= 0.3 is 0 Å². The number of sulfonamides is 1. The minimum absolute atomic E-state index is 0.0869. The second kappa shape index (κ2) is 4.89. The van der Waals surface area contributed by atoms with Crippen LogP contribution in [0.25, 0.3) is 0 Å². The molecule has 0 fully saturated rings. The molecule has 0 bridgehead atoms. The van der Waals surface area contributed by atoms with E-state index in [-0.39, 0.29) is 16.3 Å². The topological polar surface area (TPSA) is 66.4 Å². The van der Waals surface area contributed by atoms with E-state index in [0.29, 0.717) is 5.56 Å². The number of aromatic hydroxyl groups is 1. The van der Waals surface area contributed by atoms with Crippen molar-refractivity contribution in [1.82, 2.24) is 0 Å². The van der Waals surface area contributed by atoms with E-state index in [1.807, 2.05) is 0 Å². The fourth-order valence-electron chi connectivity index (χ4n) is 1.56. The van der Waals surface area contributed by atoms with E-state index < -0.39 is 15.8 Å². The Kier molecular flexibility index (Phi) is 3.44. The molecule has 2 rings (SSSR count). The van der Waals surface area contributed by atoms with Crippen molar-refractivity contribution in [3.8, 4) is 5.75 Å². The van der Waals surface area contributed by atoms with Crippen LogP contribution >= 0.6 is 0 Å². The normalized spacial score (nSPS) is 11.3. The Morgan fingerprint density at radius 2 is 1.89 bits per heavy atom. The zero-order chi connectivity index (χ0) is 14.0. The minimum Gasteiger partial charge on any atom is -0.508 e. The largest absolute Gasteiger partial charge is 0.508 e. The molecule has 0 spiro atoms. The third-order valence-electron chi connectivity index (χ3n) is 2.57. The number of hydrogen-bond donors (Lipinski definition) is 2. The molecule has 2 N–H and O–H groups in total. The first-order chi connectivity index (χ1) is 8.88. The number of aryl methyl sites for hydroxylation is 1. The van der Waals surface area contributed by atoms with Crippen LogP contribution in [0.1, 0.15) is 5.56 Å². The van der Waals surface area contributed by atoms with Gasteiger partial charge in [0.15, 0.2) is 0 Å². The van der Waals surface area contributed by atoms with E-state index in [4.69, 9.17) is 0 Å². The molecule has 0 heterocycles. The van der Waals surface area contributed by atoms with Gasteiger partial charge < -0.3 is 5.11 Å². The average molecular weight is 281 g/mol. The molecule has 0 saturated heterocycles. The van der Waals surface area contributed by atoms with E-state index in [1.165, 1.54) is 30.3 Å². The summed E-state index contributed by atoms with van der Waals surface area (Å²) in [4.78, 5) is -0.0869. The highest BCUT2D eigenvalue weighted by Crippen LogP contribution is 2.22. The summed E-state index contributed by atoms with van der Waals surface area (Å²) in [6.07, 6.45) is 0. The van der Waals surface area contributed by atoms with Gasteiger partial charge in [-0.2, -0.15) is 0 Å². The summed E-state index contributed by atoms with van der Waals surface area (Å²) < 4.78 is 39.6. The molecule has 19 heavy (non-hydrogen) atoms. The second-order valence-electron chi connectivity index (χ2n) is 4.06. The van der Waals surface area contributed by atoms with E-state index >= 15 is 0 Å². The molecule has 100 valence electrons. The van der Waals surface area contributed by atoms with E-state index in [2.05, 4.69) is 4.72 Å². The Bertz CT molecular complexity index is 714. The number of phenols is 1. The molecule has 0 aliphatic carbocycles. The molecule has 2 aromatic carbocycles. The lowest BCUT2D eigenvalue weighted by atomic mass is 10.2. The predicted molar refractivity (Wildman–Crippen MR) is 70.1 cm³/mol. The van der Waals surface area contributed by atoms with Crippen LogP contribution in [-0.2, 0) is 10.0 Å². The van der Waals surface area contributed by atoms with Crippen LogP contribution in [0.15, 0.2) is 47.4 Å². The van der Waals surface area contributed by atoms with E-state index in [9.17, 15) is 17.9 Å². The summed E-state index contributed by atoms with van der Waals surface area (Å²) in [5.74, 6) is -0.682. The molecule has 0 saturated carbocycles. The summed E-state index contributed by atoms with van der Waals surface area (Å²) in [6.45, 7) is 1.67. The summed E-state index contributed by atoms with van der Waals surface area (Å²) in [6, 6.07) is 9.09. The van der Waals surface area contributed by atoms with Crippen molar-refractivity contribution in [2.24, 2.45) is 0 Å². The fraction of sp³-hybridized carbons (Fsp3) is 0.0769. The van der Waals surface area contributed by atoms with Crippen molar-refractivity contribution in [1.29, 1.82) is 0 Å². The van der Waals surface area contributed by atoms with Gasteiger partial charge in [-0.05, 0) is 36.8 Å². The molecule has 2 aromatic rings. The molecule has 0 aromatic heterocycles.